The van der Waals surface area contributed by atoms with Crippen LogP contribution in [0, 0.1) is 5.92 Å². The summed E-state index contributed by atoms with van der Waals surface area (Å²) in [4.78, 5) is 8.61. The monoisotopic (exact) mass is 570 g/mol. The third kappa shape index (κ3) is 11.0. The van der Waals surface area contributed by atoms with Crippen molar-refractivity contribution < 1.29 is 18.9 Å². The maximum Gasteiger partial charge on any atom is 0.213 e. The molecule has 9 heteroatoms. The lowest BCUT2D eigenvalue weighted by molar-refractivity contribution is 0.0888. The van der Waals surface area contributed by atoms with Crippen LogP contribution in [0.1, 0.15) is 18.4 Å². The summed E-state index contributed by atoms with van der Waals surface area (Å²) in [5.41, 5.74) is 1.04. The van der Waals surface area contributed by atoms with E-state index >= 15 is 0 Å². The predicted molar refractivity (Wildman–Crippen MR) is 140 cm³/mol. The lowest BCUT2D eigenvalue weighted by Gasteiger charge is -2.13. The third-order valence-electron chi connectivity index (χ3n) is 4.96. The Labute approximate surface area is 213 Å². The van der Waals surface area contributed by atoms with Crippen LogP contribution < -0.4 is 20.1 Å². The van der Waals surface area contributed by atoms with Gasteiger partial charge in [-0.1, -0.05) is 24.3 Å². The second kappa shape index (κ2) is 16.5. The number of aromatic nitrogens is 1. The molecule has 1 aromatic heterocycles. The first-order chi connectivity index (χ1) is 15.8. The molecular formula is C24H35IN4O4. The number of pyridine rings is 1. The lowest BCUT2D eigenvalue weighted by Crippen LogP contribution is -2.37. The van der Waals surface area contributed by atoms with E-state index in [1.807, 2.05) is 42.5 Å². The summed E-state index contributed by atoms with van der Waals surface area (Å²) in [5, 5.41) is 6.59. The van der Waals surface area contributed by atoms with Crippen LogP contribution in [0.3, 0.4) is 0 Å². The molecule has 2 aromatic rings. The second-order valence-corrected chi connectivity index (χ2v) is 7.53. The zero-order valence-corrected chi connectivity index (χ0v) is 21.5. The van der Waals surface area contributed by atoms with Crippen molar-refractivity contribution in [3.05, 3.63) is 54.2 Å². The number of hydrogen-bond donors (Lipinski definition) is 2. The Morgan fingerprint density at radius 1 is 1.09 bits per heavy atom. The Morgan fingerprint density at radius 3 is 2.67 bits per heavy atom. The van der Waals surface area contributed by atoms with Crippen molar-refractivity contribution in [2.24, 2.45) is 10.9 Å². The number of guanidine groups is 1. The van der Waals surface area contributed by atoms with Crippen LogP contribution in [0.25, 0.3) is 0 Å². The van der Waals surface area contributed by atoms with Gasteiger partial charge in [-0.05, 0) is 30.5 Å². The molecule has 1 atom stereocenters. The third-order valence-corrected chi connectivity index (χ3v) is 4.96. The molecule has 0 spiro atoms. The van der Waals surface area contributed by atoms with E-state index in [1.165, 1.54) is 0 Å². The predicted octanol–water partition coefficient (Wildman–Crippen LogP) is 3.27. The van der Waals surface area contributed by atoms with Gasteiger partial charge in [-0.15, -0.1) is 24.0 Å². The van der Waals surface area contributed by atoms with Gasteiger partial charge in [0, 0.05) is 51.5 Å². The van der Waals surface area contributed by atoms with Gasteiger partial charge < -0.3 is 29.6 Å². The SMILES string of the molecule is CN=C(NCCCOCC1CCOC1)NCc1ccc(OCCOc2ccccc2)nc1.I. The molecule has 1 saturated heterocycles. The molecule has 1 unspecified atom stereocenters. The normalized spacial score (nSPS) is 15.5. The molecule has 0 radical (unpaired) electrons. The van der Waals surface area contributed by atoms with Crippen molar-refractivity contribution in [2.45, 2.75) is 19.4 Å². The van der Waals surface area contributed by atoms with E-state index in [1.54, 1.807) is 13.2 Å². The molecule has 33 heavy (non-hydrogen) atoms. The molecule has 0 saturated carbocycles. The molecule has 2 heterocycles. The Morgan fingerprint density at radius 2 is 1.94 bits per heavy atom. The highest BCUT2D eigenvalue weighted by molar-refractivity contribution is 14.0. The highest BCUT2D eigenvalue weighted by Crippen LogP contribution is 2.12. The quantitative estimate of drug-likeness (QED) is 0.166. The van der Waals surface area contributed by atoms with Crippen LogP contribution in [0.4, 0.5) is 0 Å². The van der Waals surface area contributed by atoms with E-state index < -0.39 is 0 Å². The van der Waals surface area contributed by atoms with E-state index in [-0.39, 0.29) is 24.0 Å². The van der Waals surface area contributed by atoms with Gasteiger partial charge >= 0.3 is 0 Å². The van der Waals surface area contributed by atoms with Crippen molar-refractivity contribution in [3.63, 3.8) is 0 Å². The van der Waals surface area contributed by atoms with Crippen LogP contribution in [0.2, 0.25) is 0 Å². The van der Waals surface area contributed by atoms with E-state index in [0.717, 1.165) is 63.1 Å². The first kappa shape index (κ1) is 27.1. The van der Waals surface area contributed by atoms with Gasteiger partial charge in [0.15, 0.2) is 5.96 Å². The molecule has 0 bridgehead atoms. The minimum absolute atomic E-state index is 0. The average molecular weight is 570 g/mol. The molecule has 2 N–H and O–H groups in total. The minimum atomic E-state index is 0. The number of ether oxygens (including phenoxy) is 4. The molecule has 1 fully saturated rings. The summed E-state index contributed by atoms with van der Waals surface area (Å²) in [6.45, 7) is 5.57. The van der Waals surface area contributed by atoms with Gasteiger partial charge in [0.05, 0.1) is 13.2 Å². The number of aliphatic imine (C=N–C) groups is 1. The van der Waals surface area contributed by atoms with Crippen LogP contribution in [-0.4, -0.2) is 64.2 Å². The highest BCUT2D eigenvalue weighted by atomic mass is 127. The number of rotatable bonds is 13. The molecule has 1 aliphatic heterocycles. The van der Waals surface area contributed by atoms with Crippen molar-refractivity contribution >= 4 is 29.9 Å². The Bertz CT molecular complexity index is 787. The highest BCUT2D eigenvalue weighted by Gasteiger charge is 2.15. The fraction of sp³-hybridized carbons (Fsp3) is 0.500. The molecule has 1 aliphatic rings. The van der Waals surface area contributed by atoms with Crippen molar-refractivity contribution in [2.75, 3.05) is 53.2 Å². The number of hydrogen-bond acceptors (Lipinski definition) is 6. The van der Waals surface area contributed by atoms with Crippen LogP contribution in [0.15, 0.2) is 53.7 Å². The zero-order valence-electron chi connectivity index (χ0n) is 19.2. The maximum absolute atomic E-state index is 5.72. The second-order valence-electron chi connectivity index (χ2n) is 7.53. The number of para-hydroxylation sites is 1. The van der Waals surface area contributed by atoms with E-state index in [4.69, 9.17) is 18.9 Å². The van der Waals surface area contributed by atoms with Gasteiger partial charge in [-0.3, -0.25) is 4.99 Å². The largest absolute Gasteiger partial charge is 0.490 e. The maximum atomic E-state index is 5.72. The van der Waals surface area contributed by atoms with Crippen LogP contribution in [0.5, 0.6) is 11.6 Å². The summed E-state index contributed by atoms with van der Waals surface area (Å²) < 4.78 is 22.3. The number of benzene rings is 1. The van der Waals surface area contributed by atoms with E-state index in [2.05, 4.69) is 20.6 Å². The summed E-state index contributed by atoms with van der Waals surface area (Å²) in [7, 11) is 1.76. The van der Waals surface area contributed by atoms with Gasteiger partial charge in [-0.25, -0.2) is 4.98 Å². The van der Waals surface area contributed by atoms with Gasteiger partial charge in [0.25, 0.3) is 0 Å². The van der Waals surface area contributed by atoms with E-state index in [9.17, 15) is 0 Å². The standard InChI is InChI=1S/C24H34N4O4.HI/c1-25-24(26-11-5-12-29-18-21-10-13-30-19-21)28-17-20-8-9-23(27-16-20)32-15-14-31-22-6-3-2-4-7-22;/h2-4,6-9,16,21H,5,10-15,17-19H2,1H3,(H2,25,26,28);1H. The lowest BCUT2D eigenvalue weighted by atomic mass is 10.1. The van der Waals surface area contributed by atoms with Gasteiger partial charge in [-0.2, -0.15) is 0 Å². The topological polar surface area (TPSA) is 86.2 Å². The minimum Gasteiger partial charge on any atom is -0.490 e. The summed E-state index contributed by atoms with van der Waals surface area (Å²) in [5.74, 6) is 2.73. The fourth-order valence-electron chi connectivity index (χ4n) is 3.18. The smallest absolute Gasteiger partial charge is 0.213 e. The first-order valence-corrected chi connectivity index (χ1v) is 11.2. The summed E-state index contributed by atoms with van der Waals surface area (Å²) in [6, 6.07) is 13.5. The van der Waals surface area contributed by atoms with Crippen LogP contribution in [-0.2, 0) is 16.0 Å². The summed E-state index contributed by atoms with van der Waals surface area (Å²) >= 11 is 0. The first-order valence-electron chi connectivity index (χ1n) is 11.2. The molecule has 8 nitrogen and oxygen atoms in total. The van der Waals surface area contributed by atoms with Crippen molar-refractivity contribution in [1.29, 1.82) is 0 Å². The van der Waals surface area contributed by atoms with Crippen molar-refractivity contribution in [1.82, 2.24) is 15.6 Å². The number of nitrogens with zero attached hydrogens (tertiary/aromatic N) is 2. The zero-order chi connectivity index (χ0) is 22.3. The Kier molecular flexibility index (Phi) is 13.6. The molecule has 3 rings (SSSR count). The Hall–Kier alpha value is -2.11. The number of halogens is 1. The summed E-state index contributed by atoms with van der Waals surface area (Å²) in [6.07, 6.45) is 3.84. The average Bonchev–Trinajstić information content (AvgIpc) is 3.36. The molecule has 182 valence electrons. The fourth-order valence-corrected chi connectivity index (χ4v) is 3.18. The molecule has 1 aromatic carbocycles. The molecule has 0 amide bonds. The van der Waals surface area contributed by atoms with Crippen LogP contribution >= 0.6 is 24.0 Å². The van der Waals surface area contributed by atoms with E-state index in [0.29, 0.717) is 31.6 Å². The van der Waals surface area contributed by atoms with Gasteiger partial charge in [0.1, 0.15) is 19.0 Å². The molecule has 0 aliphatic carbocycles. The van der Waals surface area contributed by atoms with Gasteiger partial charge in [0.2, 0.25) is 5.88 Å². The van der Waals surface area contributed by atoms with Crippen molar-refractivity contribution in [3.8, 4) is 11.6 Å². The molecular weight excluding hydrogens is 535 g/mol. The number of nitrogens with one attached hydrogen (secondary N) is 2. The Balaban J connectivity index is 0.00000385.